The molecule has 112 valence electrons. The molecular formula is C13H19ClN2O2S2. The van der Waals surface area contributed by atoms with Crippen LogP contribution in [0.3, 0.4) is 0 Å². The highest BCUT2D eigenvalue weighted by molar-refractivity contribution is 8.00. The van der Waals surface area contributed by atoms with Gasteiger partial charge in [-0.15, -0.1) is 0 Å². The summed E-state index contributed by atoms with van der Waals surface area (Å²) in [6.07, 6.45) is 5.30. The first-order chi connectivity index (χ1) is 9.30. The second-order valence-corrected chi connectivity index (χ2v) is 8.63. The van der Waals surface area contributed by atoms with E-state index in [-0.39, 0.29) is 15.3 Å². The van der Waals surface area contributed by atoms with Gasteiger partial charge in [0.05, 0.1) is 15.6 Å². The molecule has 0 radical (unpaired) electrons. The molecule has 0 heterocycles. The van der Waals surface area contributed by atoms with Crippen LogP contribution in [0.25, 0.3) is 0 Å². The minimum atomic E-state index is -3.54. The topological polar surface area (TPSA) is 72.2 Å². The third-order valence-corrected chi connectivity index (χ3v) is 7.16. The summed E-state index contributed by atoms with van der Waals surface area (Å²) in [5, 5.41) is 0.406. The van der Waals surface area contributed by atoms with E-state index in [4.69, 9.17) is 17.3 Å². The molecule has 0 unspecified atom stereocenters. The van der Waals surface area contributed by atoms with Crippen molar-refractivity contribution in [3.63, 3.8) is 0 Å². The number of anilines is 1. The second-order valence-electron chi connectivity index (χ2n) is 5.21. The number of aryl methyl sites for hydroxylation is 1. The Labute approximate surface area is 129 Å². The first kappa shape index (κ1) is 15.9. The number of hydrogen-bond donors (Lipinski definition) is 2. The fourth-order valence-electron chi connectivity index (χ4n) is 2.25. The molecule has 1 saturated carbocycles. The molecule has 1 aliphatic carbocycles. The first-order valence-electron chi connectivity index (χ1n) is 6.40. The summed E-state index contributed by atoms with van der Waals surface area (Å²) < 4.78 is 27.4. The summed E-state index contributed by atoms with van der Waals surface area (Å²) in [6, 6.07) is 2.96. The Morgan fingerprint density at radius 1 is 1.45 bits per heavy atom. The van der Waals surface area contributed by atoms with Crippen molar-refractivity contribution in [2.45, 2.75) is 35.8 Å². The number of nitrogen functional groups attached to an aromatic ring is 1. The zero-order valence-electron chi connectivity index (χ0n) is 11.6. The van der Waals surface area contributed by atoms with Crippen molar-refractivity contribution >= 4 is 39.1 Å². The lowest BCUT2D eigenvalue weighted by molar-refractivity contribution is 0.362. The summed E-state index contributed by atoms with van der Waals surface area (Å²) >= 11 is 7.69. The predicted octanol–water partition coefficient (Wildman–Crippen LogP) is 2.79. The number of benzene rings is 1. The molecule has 0 saturated heterocycles. The molecular weight excluding hydrogens is 316 g/mol. The summed E-state index contributed by atoms with van der Waals surface area (Å²) in [4.78, 5) is 0.174. The molecule has 4 nitrogen and oxygen atoms in total. The third-order valence-electron chi connectivity index (χ3n) is 3.85. The predicted molar refractivity (Wildman–Crippen MR) is 85.9 cm³/mol. The Hall–Kier alpha value is -0.430. The molecule has 1 fully saturated rings. The molecule has 2 rings (SSSR count). The van der Waals surface area contributed by atoms with E-state index in [1.165, 1.54) is 6.07 Å². The standard InChI is InChI=1S/C13H19ClN2O2S2/c1-9-6-10(7-11(15)12(9)14)20(17,18)16-8-13(19-2)4-3-5-13/h6-7,16H,3-5,8,15H2,1-2H3. The smallest absolute Gasteiger partial charge is 0.240 e. The van der Waals surface area contributed by atoms with Crippen molar-refractivity contribution in [3.8, 4) is 0 Å². The first-order valence-corrected chi connectivity index (χ1v) is 9.49. The molecule has 0 aromatic heterocycles. The third kappa shape index (κ3) is 3.08. The lowest BCUT2D eigenvalue weighted by Crippen LogP contribution is -2.45. The maximum Gasteiger partial charge on any atom is 0.240 e. The lowest BCUT2D eigenvalue weighted by atomic mass is 9.84. The molecule has 3 N–H and O–H groups in total. The van der Waals surface area contributed by atoms with Crippen LogP contribution < -0.4 is 10.5 Å². The number of rotatable bonds is 5. The molecule has 1 aromatic carbocycles. The number of nitrogens with two attached hydrogens (primary N) is 1. The second kappa shape index (κ2) is 5.75. The summed E-state index contributed by atoms with van der Waals surface area (Å²) in [6.45, 7) is 2.20. The fraction of sp³-hybridized carbons (Fsp3) is 0.538. The fourth-order valence-corrected chi connectivity index (χ4v) is 4.61. The molecule has 1 aliphatic rings. The largest absolute Gasteiger partial charge is 0.397 e. The van der Waals surface area contributed by atoms with Crippen molar-refractivity contribution in [1.82, 2.24) is 4.72 Å². The van der Waals surface area contributed by atoms with E-state index < -0.39 is 10.0 Å². The van der Waals surface area contributed by atoms with Gasteiger partial charge in [-0.3, -0.25) is 0 Å². The van der Waals surface area contributed by atoms with E-state index in [2.05, 4.69) is 4.72 Å². The van der Waals surface area contributed by atoms with E-state index in [0.717, 1.165) is 19.3 Å². The molecule has 1 aromatic rings. The van der Waals surface area contributed by atoms with E-state index in [0.29, 0.717) is 17.1 Å². The van der Waals surface area contributed by atoms with Crippen LogP contribution in [0.15, 0.2) is 17.0 Å². The summed E-state index contributed by atoms with van der Waals surface area (Å²) in [5.74, 6) is 0. The van der Waals surface area contributed by atoms with E-state index >= 15 is 0 Å². The van der Waals surface area contributed by atoms with Crippen molar-refractivity contribution < 1.29 is 8.42 Å². The van der Waals surface area contributed by atoms with Crippen LogP contribution in [-0.2, 0) is 10.0 Å². The van der Waals surface area contributed by atoms with Crippen LogP contribution in [-0.4, -0.2) is 26.0 Å². The number of hydrogen-bond acceptors (Lipinski definition) is 4. The molecule has 0 aliphatic heterocycles. The lowest BCUT2D eigenvalue weighted by Gasteiger charge is -2.40. The van der Waals surface area contributed by atoms with Gasteiger partial charge in [-0.2, -0.15) is 11.8 Å². The number of thioether (sulfide) groups is 1. The van der Waals surface area contributed by atoms with Gasteiger partial charge in [-0.1, -0.05) is 18.0 Å². The van der Waals surface area contributed by atoms with Crippen LogP contribution in [0.2, 0.25) is 5.02 Å². The Kier molecular flexibility index (Phi) is 4.59. The minimum absolute atomic E-state index is 0.0556. The van der Waals surface area contributed by atoms with Gasteiger partial charge < -0.3 is 5.73 Å². The molecule has 0 spiro atoms. The molecule has 0 amide bonds. The maximum absolute atomic E-state index is 12.3. The van der Waals surface area contributed by atoms with Crippen LogP contribution in [0, 0.1) is 6.92 Å². The number of nitrogens with one attached hydrogen (secondary N) is 1. The van der Waals surface area contributed by atoms with Crippen molar-refractivity contribution in [3.05, 3.63) is 22.7 Å². The van der Waals surface area contributed by atoms with Gasteiger partial charge in [-0.25, -0.2) is 13.1 Å². The zero-order valence-corrected chi connectivity index (χ0v) is 14.0. The van der Waals surface area contributed by atoms with Gasteiger partial charge >= 0.3 is 0 Å². The quantitative estimate of drug-likeness (QED) is 0.812. The Bertz CT molecular complexity index is 584. The Balaban J connectivity index is 2.18. The van der Waals surface area contributed by atoms with E-state index in [9.17, 15) is 8.42 Å². The van der Waals surface area contributed by atoms with Gasteiger partial charge in [0.15, 0.2) is 0 Å². The molecule has 7 heteroatoms. The number of halogens is 1. The van der Waals surface area contributed by atoms with Gasteiger partial charge in [0.2, 0.25) is 10.0 Å². The average molecular weight is 335 g/mol. The van der Waals surface area contributed by atoms with Crippen molar-refractivity contribution in [2.75, 3.05) is 18.5 Å². The monoisotopic (exact) mass is 334 g/mol. The highest BCUT2D eigenvalue weighted by Gasteiger charge is 2.37. The highest BCUT2D eigenvalue weighted by atomic mass is 35.5. The SMILES string of the molecule is CSC1(CNS(=O)(=O)c2cc(C)c(Cl)c(N)c2)CCC1. The average Bonchev–Trinajstić information content (AvgIpc) is 2.34. The van der Waals surface area contributed by atoms with Gasteiger partial charge in [-0.05, 0) is 43.7 Å². The zero-order chi connectivity index (χ0) is 15.0. The van der Waals surface area contributed by atoms with Crippen LogP contribution in [0.1, 0.15) is 24.8 Å². The van der Waals surface area contributed by atoms with E-state index in [1.54, 1.807) is 24.8 Å². The van der Waals surface area contributed by atoms with Crippen molar-refractivity contribution in [1.29, 1.82) is 0 Å². The highest BCUT2D eigenvalue weighted by Crippen LogP contribution is 2.42. The Morgan fingerprint density at radius 3 is 2.55 bits per heavy atom. The van der Waals surface area contributed by atoms with Crippen LogP contribution >= 0.6 is 23.4 Å². The summed E-state index contributed by atoms with van der Waals surface area (Å²) in [7, 11) is -3.54. The maximum atomic E-state index is 12.3. The Morgan fingerprint density at radius 2 is 2.10 bits per heavy atom. The van der Waals surface area contributed by atoms with Crippen LogP contribution in [0.5, 0.6) is 0 Å². The van der Waals surface area contributed by atoms with Gasteiger partial charge in [0.25, 0.3) is 0 Å². The van der Waals surface area contributed by atoms with Gasteiger partial charge in [0.1, 0.15) is 0 Å². The molecule has 0 bridgehead atoms. The minimum Gasteiger partial charge on any atom is -0.397 e. The van der Waals surface area contributed by atoms with Crippen molar-refractivity contribution in [2.24, 2.45) is 0 Å². The van der Waals surface area contributed by atoms with Crippen LogP contribution in [0.4, 0.5) is 5.69 Å². The molecule has 20 heavy (non-hydrogen) atoms. The number of sulfonamides is 1. The normalized spacial score (nSPS) is 17.8. The molecule has 0 atom stereocenters. The summed E-state index contributed by atoms with van der Waals surface area (Å²) in [5.41, 5.74) is 6.68. The van der Waals surface area contributed by atoms with E-state index in [1.807, 2.05) is 6.26 Å². The van der Waals surface area contributed by atoms with Gasteiger partial charge in [0, 0.05) is 11.3 Å².